The quantitative estimate of drug-likeness (QED) is 0.306. The highest BCUT2D eigenvalue weighted by Gasteiger charge is 2.23. The number of rotatable bonds is 1. The summed E-state index contributed by atoms with van der Waals surface area (Å²) >= 11 is 0. The Balaban J connectivity index is 1.73. The van der Waals surface area contributed by atoms with Crippen molar-refractivity contribution in [2.75, 3.05) is 0 Å². The molecule has 0 bridgehead atoms. The van der Waals surface area contributed by atoms with Gasteiger partial charge in [-0.3, -0.25) is 4.98 Å². The van der Waals surface area contributed by atoms with Crippen LogP contribution in [0.2, 0.25) is 0 Å². The number of hydrogen-bond donors (Lipinski definition) is 0. The van der Waals surface area contributed by atoms with Crippen LogP contribution in [0.3, 0.4) is 0 Å². The summed E-state index contributed by atoms with van der Waals surface area (Å²) in [4.78, 5) is 4.30. The van der Waals surface area contributed by atoms with Crippen LogP contribution in [0.1, 0.15) is 20.8 Å². The van der Waals surface area contributed by atoms with Gasteiger partial charge >= 0.3 is 0 Å². The SMILES string of the molecule is [2H]C([2H])([2H])c1c[n+](C)c(-c2c(C)ccc3c2oc2ccc4oc5ccncc5c4c23)cc1C. The number of aryl methyl sites for hydroxylation is 4. The molecule has 0 aliphatic rings. The van der Waals surface area contributed by atoms with Gasteiger partial charge in [-0.15, -0.1) is 0 Å². The molecule has 146 valence electrons. The molecule has 0 aliphatic heterocycles. The topological polar surface area (TPSA) is 43.0 Å². The molecule has 4 heteroatoms. The summed E-state index contributed by atoms with van der Waals surface area (Å²) in [7, 11) is 1.87. The zero-order valence-electron chi connectivity index (χ0n) is 19.9. The van der Waals surface area contributed by atoms with Crippen molar-refractivity contribution in [3.8, 4) is 11.3 Å². The van der Waals surface area contributed by atoms with Gasteiger partial charge in [-0.2, -0.15) is 0 Å². The van der Waals surface area contributed by atoms with Crippen molar-refractivity contribution in [2.24, 2.45) is 7.05 Å². The molecule has 0 aliphatic carbocycles. The molecular formula is C26H21N2O2+. The second kappa shape index (κ2) is 5.92. The molecule has 6 aromatic rings. The maximum Gasteiger partial charge on any atom is 0.216 e. The van der Waals surface area contributed by atoms with Gasteiger partial charge in [0.2, 0.25) is 5.69 Å². The average Bonchev–Trinajstić information content (AvgIpc) is 3.32. The summed E-state index contributed by atoms with van der Waals surface area (Å²) in [6.45, 7) is 1.72. The number of furan rings is 2. The molecule has 30 heavy (non-hydrogen) atoms. The largest absolute Gasteiger partial charge is 0.456 e. The van der Waals surface area contributed by atoms with E-state index in [9.17, 15) is 0 Å². The van der Waals surface area contributed by atoms with Crippen LogP contribution >= 0.6 is 0 Å². The standard InChI is InChI=1S/C26H21N2O2/c1-14-5-6-17-24-22(8-7-21-25(24)18-12-27-10-9-20(18)29-21)30-26(17)23(14)19-11-15(2)16(3)13-28(19)4/h5-13H,1-4H3/q+1/i3D3. The third kappa shape index (κ3) is 2.22. The van der Waals surface area contributed by atoms with Gasteiger partial charge in [0.05, 0.1) is 5.56 Å². The second-order valence-electron chi connectivity index (χ2n) is 7.89. The number of fused-ring (bicyclic) bond motifs is 7. The molecule has 0 amide bonds. The molecule has 0 saturated carbocycles. The lowest BCUT2D eigenvalue weighted by atomic mass is 9.98. The van der Waals surface area contributed by atoms with Crippen LogP contribution in [-0.2, 0) is 7.05 Å². The average molecular weight is 396 g/mol. The molecule has 0 fully saturated rings. The van der Waals surface area contributed by atoms with Crippen molar-refractivity contribution in [2.45, 2.75) is 20.7 Å². The number of nitrogens with zero attached hydrogens (tertiary/aromatic N) is 2. The lowest BCUT2D eigenvalue weighted by molar-refractivity contribution is -0.660. The Morgan fingerprint density at radius 3 is 2.50 bits per heavy atom. The summed E-state index contributed by atoms with van der Waals surface area (Å²) in [5.41, 5.74) is 7.10. The van der Waals surface area contributed by atoms with Gasteiger partial charge in [0.15, 0.2) is 6.20 Å². The van der Waals surface area contributed by atoms with Gasteiger partial charge in [0.1, 0.15) is 29.4 Å². The molecule has 2 aromatic carbocycles. The van der Waals surface area contributed by atoms with Crippen molar-refractivity contribution in [1.82, 2.24) is 4.98 Å². The zero-order valence-corrected chi connectivity index (χ0v) is 16.9. The lowest BCUT2D eigenvalue weighted by Gasteiger charge is -2.07. The molecule has 4 nitrogen and oxygen atoms in total. The maximum absolute atomic E-state index is 7.85. The van der Waals surface area contributed by atoms with Gasteiger partial charge in [0, 0.05) is 49.7 Å². The highest BCUT2D eigenvalue weighted by atomic mass is 16.3. The van der Waals surface area contributed by atoms with Crippen molar-refractivity contribution in [1.29, 1.82) is 0 Å². The van der Waals surface area contributed by atoms with E-state index in [1.54, 1.807) is 12.4 Å². The predicted octanol–water partition coefficient (Wildman–Crippen LogP) is 6.30. The Hall–Kier alpha value is -3.66. The summed E-state index contributed by atoms with van der Waals surface area (Å²) in [6, 6.07) is 11.8. The number of pyridine rings is 2. The summed E-state index contributed by atoms with van der Waals surface area (Å²) in [5, 5.41) is 3.92. The monoisotopic (exact) mass is 396 g/mol. The first-order valence-electron chi connectivity index (χ1n) is 11.4. The van der Waals surface area contributed by atoms with Crippen LogP contribution in [0.15, 0.2) is 63.8 Å². The van der Waals surface area contributed by atoms with Crippen LogP contribution < -0.4 is 4.57 Å². The van der Waals surface area contributed by atoms with E-state index in [1.165, 1.54) is 0 Å². The first-order chi connectivity index (χ1) is 15.7. The third-order valence-electron chi connectivity index (χ3n) is 5.98. The zero-order chi connectivity index (χ0) is 23.1. The van der Waals surface area contributed by atoms with E-state index >= 15 is 0 Å². The summed E-state index contributed by atoms with van der Waals surface area (Å²) < 4.78 is 37.9. The van der Waals surface area contributed by atoms with Crippen molar-refractivity contribution >= 4 is 43.9 Å². The van der Waals surface area contributed by atoms with E-state index in [-0.39, 0.29) is 0 Å². The Labute approximate surface area is 177 Å². The summed E-state index contributed by atoms with van der Waals surface area (Å²) in [5.74, 6) is 0. The summed E-state index contributed by atoms with van der Waals surface area (Å²) in [6.07, 6.45) is 5.25. The van der Waals surface area contributed by atoms with Crippen molar-refractivity contribution in [3.63, 3.8) is 0 Å². The molecule has 4 heterocycles. The minimum Gasteiger partial charge on any atom is -0.456 e. The van der Waals surface area contributed by atoms with Crippen LogP contribution in [-0.4, -0.2) is 4.98 Å². The first kappa shape index (κ1) is 14.3. The van der Waals surface area contributed by atoms with E-state index in [4.69, 9.17) is 12.9 Å². The predicted molar refractivity (Wildman–Crippen MR) is 120 cm³/mol. The second-order valence-corrected chi connectivity index (χ2v) is 7.89. The molecule has 4 aromatic heterocycles. The van der Waals surface area contributed by atoms with Crippen molar-refractivity contribution < 1.29 is 17.5 Å². The smallest absolute Gasteiger partial charge is 0.216 e. The molecule has 0 atom stereocenters. The number of benzene rings is 2. The minimum absolute atomic E-state index is 0.349. The van der Waals surface area contributed by atoms with Crippen LogP contribution in [0.25, 0.3) is 55.1 Å². The van der Waals surface area contributed by atoms with Gasteiger partial charge in [-0.05, 0) is 50.0 Å². The molecule has 0 unspecified atom stereocenters. The number of aromatic nitrogens is 2. The normalized spacial score (nSPS) is 13.9. The fourth-order valence-electron chi connectivity index (χ4n) is 4.46. The van der Waals surface area contributed by atoms with Gasteiger partial charge < -0.3 is 8.83 Å². The molecule has 0 N–H and O–H groups in total. The maximum atomic E-state index is 7.85. The van der Waals surface area contributed by atoms with Crippen LogP contribution in [0.5, 0.6) is 0 Å². The van der Waals surface area contributed by atoms with E-state index in [0.717, 1.165) is 66.3 Å². The van der Waals surface area contributed by atoms with Crippen molar-refractivity contribution in [3.05, 3.63) is 71.7 Å². The molecule has 0 spiro atoms. The molecular weight excluding hydrogens is 372 g/mol. The lowest BCUT2D eigenvalue weighted by Crippen LogP contribution is -2.31. The van der Waals surface area contributed by atoms with E-state index < -0.39 is 6.85 Å². The molecule has 6 rings (SSSR count). The van der Waals surface area contributed by atoms with E-state index in [2.05, 4.69) is 17.1 Å². The highest BCUT2D eigenvalue weighted by Crippen LogP contribution is 2.42. The van der Waals surface area contributed by atoms with Crippen LogP contribution in [0, 0.1) is 20.7 Å². The van der Waals surface area contributed by atoms with Gasteiger partial charge in [-0.25, -0.2) is 4.57 Å². The fourth-order valence-corrected chi connectivity index (χ4v) is 4.46. The first-order valence-corrected chi connectivity index (χ1v) is 9.86. The molecule has 0 saturated heterocycles. The Kier molecular flexibility index (Phi) is 2.83. The number of hydrogen-bond acceptors (Lipinski definition) is 3. The van der Waals surface area contributed by atoms with E-state index in [1.807, 2.05) is 55.9 Å². The Morgan fingerprint density at radius 2 is 1.67 bits per heavy atom. The third-order valence-corrected chi connectivity index (χ3v) is 5.98. The van der Waals surface area contributed by atoms with Crippen LogP contribution in [0.4, 0.5) is 0 Å². The highest BCUT2D eigenvalue weighted by molar-refractivity contribution is 6.26. The Morgan fingerprint density at radius 1 is 0.867 bits per heavy atom. The van der Waals surface area contributed by atoms with Gasteiger partial charge in [0.25, 0.3) is 0 Å². The van der Waals surface area contributed by atoms with E-state index in [0.29, 0.717) is 5.56 Å². The molecule has 0 radical (unpaired) electrons. The minimum atomic E-state index is -2.16. The Bertz CT molecular complexity index is 1740. The fraction of sp³-hybridized carbons (Fsp3) is 0.154. The van der Waals surface area contributed by atoms with Gasteiger partial charge in [-0.1, -0.05) is 12.1 Å².